The molecular weight excluding hydrogens is 324 g/mol. The molecule has 0 bridgehead atoms. The number of carbonyl (C=O) groups excluding carboxylic acids is 1. The van der Waals surface area contributed by atoms with Crippen molar-refractivity contribution in [2.45, 2.75) is 19.9 Å². The number of amides is 2. The first-order valence-electron chi connectivity index (χ1n) is 8.87. The van der Waals surface area contributed by atoms with Crippen molar-refractivity contribution in [3.05, 3.63) is 78.1 Å². The average molecular weight is 348 g/mol. The van der Waals surface area contributed by atoms with Crippen molar-refractivity contribution >= 4 is 6.03 Å². The van der Waals surface area contributed by atoms with Gasteiger partial charge in [0.15, 0.2) is 0 Å². The highest BCUT2D eigenvalue weighted by molar-refractivity contribution is 5.73. The van der Waals surface area contributed by atoms with E-state index in [9.17, 15) is 4.79 Å². The van der Waals surface area contributed by atoms with Crippen LogP contribution in [-0.4, -0.2) is 28.7 Å². The number of hydrogen-bond donors (Lipinski definition) is 2. The number of rotatable bonds is 7. The smallest absolute Gasteiger partial charge is 0.314 e. The minimum absolute atomic E-state index is 0.139. The molecule has 1 aromatic heterocycles. The molecule has 2 amide bonds. The van der Waals surface area contributed by atoms with Crippen molar-refractivity contribution in [2.24, 2.45) is 0 Å². The summed E-state index contributed by atoms with van der Waals surface area (Å²) in [6, 6.07) is 20.1. The van der Waals surface area contributed by atoms with Gasteiger partial charge in [-0.2, -0.15) is 0 Å². The summed E-state index contributed by atoms with van der Waals surface area (Å²) in [5, 5.41) is 5.81. The lowest BCUT2D eigenvalue weighted by Gasteiger charge is -2.12. The van der Waals surface area contributed by atoms with Gasteiger partial charge in [-0.15, -0.1) is 0 Å². The minimum atomic E-state index is -0.139. The zero-order valence-corrected chi connectivity index (χ0v) is 15.0. The lowest BCUT2D eigenvalue weighted by atomic mass is 10.1. The van der Waals surface area contributed by atoms with E-state index in [1.54, 1.807) is 0 Å². The van der Waals surface area contributed by atoms with Gasteiger partial charge in [0.2, 0.25) is 0 Å². The summed E-state index contributed by atoms with van der Waals surface area (Å²) in [6.07, 6.45) is 2.69. The van der Waals surface area contributed by atoms with Gasteiger partial charge in [0.1, 0.15) is 5.82 Å². The fourth-order valence-corrected chi connectivity index (χ4v) is 2.87. The molecule has 5 heteroatoms. The van der Waals surface area contributed by atoms with Crippen molar-refractivity contribution in [3.63, 3.8) is 0 Å². The van der Waals surface area contributed by atoms with Crippen LogP contribution in [0.25, 0.3) is 11.4 Å². The van der Waals surface area contributed by atoms with Crippen LogP contribution in [0.5, 0.6) is 0 Å². The molecule has 3 rings (SSSR count). The molecule has 0 radical (unpaired) electrons. The molecule has 0 unspecified atom stereocenters. The lowest BCUT2D eigenvalue weighted by molar-refractivity contribution is 0.240. The quantitative estimate of drug-likeness (QED) is 0.687. The largest absolute Gasteiger partial charge is 0.338 e. The molecule has 2 N–H and O–H groups in total. The molecule has 0 spiro atoms. The van der Waals surface area contributed by atoms with Gasteiger partial charge >= 0.3 is 6.03 Å². The maximum absolute atomic E-state index is 12.0. The molecule has 1 heterocycles. The maximum Gasteiger partial charge on any atom is 0.314 e. The van der Waals surface area contributed by atoms with Crippen molar-refractivity contribution in [2.75, 3.05) is 13.1 Å². The van der Waals surface area contributed by atoms with Crippen molar-refractivity contribution in [1.29, 1.82) is 0 Å². The molecule has 26 heavy (non-hydrogen) atoms. The third kappa shape index (κ3) is 4.72. The lowest BCUT2D eigenvalue weighted by Crippen LogP contribution is -2.38. The SMILES string of the molecule is Cc1cnc(-c2ccccc2)n1CCNC(=O)NCCc1ccccc1. The molecule has 0 aliphatic carbocycles. The summed E-state index contributed by atoms with van der Waals surface area (Å²) in [7, 11) is 0. The van der Waals surface area contributed by atoms with Crippen LogP contribution in [-0.2, 0) is 13.0 Å². The second-order valence-corrected chi connectivity index (χ2v) is 6.16. The fraction of sp³-hybridized carbons (Fsp3) is 0.238. The zero-order valence-electron chi connectivity index (χ0n) is 15.0. The van der Waals surface area contributed by atoms with Crippen LogP contribution in [0.1, 0.15) is 11.3 Å². The van der Waals surface area contributed by atoms with E-state index in [-0.39, 0.29) is 6.03 Å². The van der Waals surface area contributed by atoms with Gasteiger partial charge in [0.05, 0.1) is 0 Å². The van der Waals surface area contributed by atoms with Gasteiger partial charge in [0.25, 0.3) is 0 Å². The van der Waals surface area contributed by atoms with Gasteiger partial charge in [-0.25, -0.2) is 9.78 Å². The van der Waals surface area contributed by atoms with Gasteiger partial charge in [-0.05, 0) is 18.9 Å². The van der Waals surface area contributed by atoms with Crippen LogP contribution in [0.3, 0.4) is 0 Å². The van der Waals surface area contributed by atoms with Crippen LogP contribution in [0, 0.1) is 6.92 Å². The molecule has 5 nitrogen and oxygen atoms in total. The first-order valence-corrected chi connectivity index (χ1v) is 8.87. The first kappa shape index (κ1) is 17.7. The number of imidazole rings is 1. The Morgan fingerprint density at radius 1 is 0.962 bits per heavy atom. The molecule has 0 saturated carbocycles. The summed E-state index contributed by atoms with van der Waals surface area (Å²) in [5.74, 6) is 0.925. The van der Waals surface area contributed by atoms with Gasteiger partial charge in [-0.3, -0.25) is 0 Å². The van der Waals surface area contributed by atoms with E-state index < -0.39 is 0 Å². The highest BCUT2D eigenvalue weighted by Gasteiger charge is 2.09. The van der Waals surface area contributed by atoms with Crippen LogP contribution in [0.2, 0.25) is 0 Å². The predicted octanol–water partition coefficient (Wildman–Crippen LogP) is 3.40. The van der Waals surface area contributed by atoms with Gasteiger partial charge < -0.3 is 15.2 Å². The third-order valence-corrected chi connectivity index (χ3v) is 4.25. The van der Waals surface area contributed by atoms with E-state index in [1.807, 2.05) is 61.7 Å². The Morgan fingerprint density at radius 3 is 2.35 bits per heavy atom. The first-order chi connectivity index (χ1) is 12.7. The van der Waals surface area contributed by atoms with Crippen molar-refractivity contribution in [3.8, 4) is 11.4 Å². The van der Waals surface area contributed by atoms with E-state index in [0.717, 1.165) is 23.5 Å². The Morgan fingerprint density at radius 2 is 1.62 bits per heavy atom. The maximum atomic E-state index is 12.0. The van der Waals surface area contributed by atoms with Crippen molar-refractivity contribution in [1.82, 2.24) is 20.2 Å². The molecule has 3 aromatic rings. The average Bonchev–Trinajstić information content (AvgIpc) is 3.04. The number of aryl methyl sites for hydroxylation is 1. The number of nitrogens with zero attached hydrogens (tertiary/aromatic N) is 2. The molecular formula is C21H24N4O. The van der Waals surface area contributed by atoms with Crippen LogP contribution in [0.15, 0.2) is 66.9 Å². The van der Waals surface area contributed by atoms with Crippen LogP contribution < -0.4 is 10.6 Å². The zero-order chi connectivity index (χ0) is 18.2. The van der Waals surface area contributed by atoms with E-state index >= 15 is 0 Å². The number of aromatic nitrogens is 2. The van der Waals surface area contributed by atoms with Gasteiger partial charge in [-0.1, -0.05) is 60.7 Å². The Balaban J connectivity index is 1.46. The van der Waals surface area contributed by atoms with Crippen LogP contribution >= 0.6 is 0 Å². The molecule has 134 valence electrons. The Kier molecular flexibility index (Phi) is 6.04. The number of urea groups is 1. The number of nitrogens with one attached hydrogen (secondary N) is 2. The second-order valence-electron chi connectivity index (χ2n) is 6.16. The van der Waals surface area contributed by atoms with E-state index in [4.69, 9.17) is 0 Å². The predicted molar refractivity (Wildman–Crippen MR) is 104 cm³/mol. The summed E-state index contributed by atoms with van der Waals surface area (Å²) >= 11 is 0. The molecule has 0 aliphatic rings. The number of hydrogen-bond acceptors (Lipinski definition) is 2. The summed E-state index contributed by atoms with van der Waals surface area (Å²) in [4.78, 5) is 16.5. The topological polar surface area (TPSA) is 59.0 Å². The molecule has 0 aliphatic heterocycles. The number of benzene rings is 2. The summed E-state index contributed by atoms with van der Waals surface area (Å²) < 4.78 is 2.12. The van der Waals surface area contributed by atoms with Gasteiger partial charge in [0, 0.05) is 37.1 Å². The van der Waals surface area contributed by atoms with Crippen LogP contribution in [0.4, 0.5) is 4.79 Å². The molecule has 2 aromatic carbocycles. The van der Waals surface area contributed by atoms with E-state index in [1.165, 1.54) is 5.56 Å². The monoisotopic (exact) mass is 348 g/mol. The van der Waals surface area contributed by atoms with E-state index in [0.29, 0.717) is 19.6 Å². The standard InChI is InChI=1S/C21H24N4O/c1-17-16-24-20(19-10-6-3-7-11-19)25(17)15-14-23-21(26)22-13-12-18-8-4-2-5-9-18/h2-11,16H,12-15H2,1H3,(H2,22,23,26). The Labute approximate surface area is 154 Å². The Hall–Kier alpha value is -3.08. The Bertz CT molecular complexity index is 828. The normalized spacial score (nSPS) is 10.5. The number of carbonyl (C=O) groups is 1. The highest BCUT2D eigenvalue weighted by atomic mass is 16.2. The van der Waals surface area contributed by atoms with Crippen molar-refractivity contribution < 1.29 is 4.79 Å². The summed E-state index contributed by atoms with van der Waals surface area (Å²) in [6.45, 7) is 3.88. The molecule has 0 saturated heterocycles. The molecule has 0 atom stereocenters. The third-order valence-electron chi connectivity index (χ3n) is 4.25. The summed E-state index contributed by atoms with van der Waals surface area (Å²) in [5.41, 5.74) is 3.37. The van der Waals surface area contributed by atoms with E-state index in [2.05, 4.69) is 32.3 Å². The second kappa shape index (κ2) is 8.85. The minimum Gasteiger partial charge on any atom is -0.338 e. The molecule has 0 fully saturated rings. The highest BCUT2D eigenvalue weighted by Crippen LogP contribution is 2.18. The fourth-order valence-electron chi connectivity index (χ4n) is 2.87.